The fraction of sp³-hybridized carbons (Fsp3) is 0.900. The van der Waals surface area contributed by atoms with Gasteiger partial charge in [0.2, 0.25) is 0 Å². The molecule has 26 heavy (non-hydrogen) atoms. The van der Waals surface area contributed by atoms with Crippen molar-refractivity contribution in [2.24, 2.45) is 11.3 Å². The van der Waals surface area contributed by atoms with Gasteiger partial charge in [-0.15, -0.1) is 0 Å². The second-order valence-electron chi connectivity index (χ2n) is 8.27. The maximum atomic E-state index is 12.4. The Bertz CT molecular complexity index is 436. The lowest BCUT2D eigenvalue weighted by atomic mass is 9.78. The Morgan fingerprint density at radius 1 is 0.885 bits per heavy atom. The smallest absolute Gasteiger partial charge is 0.247 e. The molecule has 0 aromatic rings. The highest BCUT2D eigenvalue weighted by Gasteiger charge is 2.59. The Morgan fingerprint density at radius 2 is 1.46 bits per heavy atom. The molecular formula is C20H36O6. The van der Waals surface area contributed by atoms with Crippen molar-refractivity contribution in [2.75, 3.05) is 0 Å². The average Bonchev–Trinajstić information content (AvgIpc) is 3.36. The zero-order valence-corrected chi connectivity index (χ0v) is 17.1. The van der Waals surface area contributed by atoms with Crippen LogP contribution < -0.4 is 0 Å². The van der Waals surface area contributed by atoms with Crippen molar-refractivity contribution in [2.45, 2.75) is 105 Å². The summed E-state index contributed by atoms with van der Waals surface area (Å²) in [4.78, 5) is 43.8. The van der Waals surface area contributed by atoms with Crippen LogP contribution in [0.4, 0.5) is 0 Å². The van der Waals surface area contributed by atoms with E-state index in [1.807, 2.05) is 20.8 Å². The van der Waals surface area contributed by atoms with Crippen LogP contribution in [-0.2, 0) is 29.1 Å². The van der Waals surface area contributed by atoms with Gasteiger partial charge in [0.05, 0.1) is 5.92 Å². The van der Waals surface area contributed by atoms with Crippen LogP contribution in [0, 0.1) is 11.3 Å². The van der Waals surface area contributed by atoms with Gasteiger partial charge in [0.15, 0.2) is 0 Å². The average molecular weight is 373 g/mol. The van der Waals surface area contributed by atoms with Crippen LogP contribution in [0.2, 0.25) is 0 Å². The van der Waals surface area contributed by atoms with Gasteiger partial charge in [-0.05, 0) is 18.3 Å². The van der Waals surface area contributed by atoms with Gasteiger partial charge in [-0.2, -0.15) is 9.78 Å². The third kappa shape index (κ3) is 7.62. The van der Waals surface area contributed by atoms with Crippen molar-refractivity contribution in [3.63, 3.8) is 0 Å². The van der Waals surface area contributed by atoms with Crippen LogP contribution in [0.5, 0.6) is 0 Å². The van der Waals surface area contributed by atoms with Crippen molar-refractivity contribution in [3.8, 4) is 0 Å². The highest BCUT2D eigenvalue weighted by atomic mass is 17.4. The van der Waals surface area contributed by atoms with Crippen LogP contribution in [0.3, 0.4) is 0 Å². The Balaban J connectivity index is 2.44. The van der Waals surface area contributed by atoms with Crippen LogP contribution >= 0.6 is 0 Å². The van der Waals surface area contributed by atoms with Gasteiger partial charge in [0, 0.05) is 6.42 Å². The summed E-state index contributed by atoms with van der Waals surface area (Å²) in [6.45, 7) is 10.2. The molecule has 0 aromatic carbocycles. The van der Waals surface area contributed by atoms with Gasteiger partial charge in [-0.3, -0.25) is 0 Å². The summed E-state index contributed by atoms with van der Waals surface area (Å²) < 4.78 is 0. The fourth-order valence-corrected chi connectivity index (χ4v) is 2.97. The van der Waals surface area contributed by atoms with Gasteiger partial charge in [-0.25, -0.2) is 19.4 Å². The molecule has 1 atom stereocenters. The summed E-state index contributed by atoms with van der Waals surface area (Å²) in [5, 5.41) is 0. The molecule has 1 rings (SSSR count). The number of hydrogen-bond acceptors (Lipinski definition) is 6. The Morgan fingerprint density at radius 3 is 1.96 bits per heavy atom. The first-order valence-corrected chi connectivity index (χ1v) is 10.1. The van der Waals surface area contributed by atoms with Crippen LogP contribution in [0.1, 0.15) is 98.8 Å². The summed E-state index contributed by atoms with van der Waals surface area (Å²) in [6, 6.07) is 0. The first-order chi connectivity index (χ1) is 12.3. The predicted octanol–water partition coefficient (Wildman–Crippen LogP) is 5.25. The molecule has 6 heteroatoms. The van der Waals surface area contributed by atoms with E-state index in [2.05, 4.69) is 13.8 Å². The molecule has 1 aliphatic rings. The number of carbonyl (C=O) groups is 2. The normalized spacial score (nSPS) is 16.8. The van der Waals surface area contributed by atoms with Crippen LogP contribution in [0.15, 0.2) is 0 Å². The Kier molecular flexibility index (Phi) is 9.58. The molecule has 6 nitrogen and oxygen atoms in total. The van der Waals surface area contributed by atoms with Crippen molar-refractivity contribution >= 4 is 11.9 Å². The summed E-state index contributed by atoms with van der Waals surface area (Å²) in [6.07, 6.45) is 9.41. The summed E-state index contributed by atoms with van der Waals surface area (Å²) >= 11 is 0. The molecule has 0 bridgehead atoms. The Labute approximate surface area is 157 Å². The number of rotatable bonds is 12. The van der Waals surface area contributed by atoms with E-state index in [4.69, 9.17) is 19.6 Å². The third-order valence-electron chi connectivity index (χ3n) is 4.83. The van der Waals surface area contributed by atoms with Gasteiger partial charge >= 0.3 is 17.7 Å². The maximum Gasteiger partial charge on any atom is 0.420 e. The molecule has 0 aliphatic carbocycles. The Hall–Kier alpha value is -1.14. The van der Waals surface area contributed by atoms with Crippen molar-refractivity contribution in [1.82, 2.24) is 0 Å². The third-order valence-corrected chi connectivity index (χ3v) is 4.83. The lowest BCUT2D eigenvalue weighted by Gasteiger charge is -2.27. The quantitative estimate of drug-likeness (QED) is 0.201. The van der Waals surface area contributed by atoms with E-state index in [0.717, 1.165) is 57.8 Å². The maximum absolute atomic E-state index is 12.4. The van der Waals surface area contributed by atoms with E-state index in [0.29, 0.717) is 6.42 Å². The molecule has 1 heterocycles. The summed E-state index contributed by atoms with van der Waals surface area (Å²) in [5.41, 5.74) is -0.264. The van der Waals surface area contributed by atoms with Gasteiger partial charge in [-0.1, -0.05) is 79.6 Å². The van der Waals surface area contributed by atoms with E-state index in [1.165, 1.54) is 0 Å². The molecule has 0 radical (unpaired) electrons. The minimum atomic E-state index is -1.38. The van der Waals surface area contributed by atoms with Crippen molar-refractivity contribution in [1.29, 1.82) is 0 Å². The summed E-state index contributed by atoms with van der Waals surface area (Å²) in [7, 11) is 0. The molecule has 1 aliphatic heterocycles. The number of carbonyl (C=O) groups excluding carboxylic acids is 2. The molecule has 0 saturated carbocycles. The first kappa shape index (κ1) is 22.9. The van der Waals surface area contributed by atoms with Gasteiger partial charge in [0.1, 0.15) is 0 Å². The topological polar surface area (TPSA) is 77.7 Å². The minimum absolute atomic E-state index is 0.264. The zero-order chi connectivity index (χ0) is 19.6. The lowest BCUT2D eigenvalue weighted by Crippen LogP contribution is -2.33. The number of hydrogen-bond donors (Lipinski definition) is 0. The predicted molar refractivity (Wildman–Crippen MR) is 97.5 cm³/mol. The van der Waals surface area contributed by atoms with E-state index in [-0.39, 0.29) is 11.3 Å². The molecule has 1 saturated heterocycles. The lowest BCUT2D eigenvalue weighted by molar-refractivity contribution is -0.269. The molecule has 0 amide bonds. The van der Waals surface area contributed by atoms with Gasteiger partial charge in [0.25, 0.3) is 0 Å². The minimum Gasteiger partial charge on any atom is -0.247 e. The molecular weight excluding hydrogens is 336 g/mol. The molecule has 1 fully saturated rings. The standard InChI is InChI=1S/C20H36O6/c1-6-8-10-12-14-16(19(3,4)5)17(21)23-24-18(22)20(25-26-20)15-13-11-9-7-2/h16H,6-15H2,1-5H3. The second kappa shape index (κ2) is 10.9. The highest BCUT2D eigenvalue weighted by Crippen LogP contribution is 2.37. The van der Waals surface area contributed by atoms with Crippen molar-refractivity contribution < 1.29 is 29.1 Å². The largest absolute Gasteiger partial charge is 0.420 e. The summed E-state index contributed by atoms with van der Waals surface area (Å²) in [5.74, 6) is -3.01. The first-order valence-electron chi connectivity index (χ1n) is 10.1. The zero-order valence-electron chi connectivity index (χ0n) is 17.1. The van der Waals surface area contributed by atoms with Gasteiger partial charge < -0.3 is 0 Å². The molecule has 152 valence electrons. The van der Waals surface area contributed by atoms with Crippen LogP contribution in [-0.4, -0.2) is 17.7 Å². The van der Waals surface area contributed by atoms with E-state index < -0.39 is 17.7 Å². The van der Waals surface area contributed by atoms with E-state index >= 15 is 0 Å². The van der Waals surface area contributed by atoms with Crippen LogP contribution in [0.25, 0.3) is 0 Å². The fourth-order valence-electron chi connectivity index (χ4n) is 2.97. The molecule has 1 unspecified atom stereocenters. The van der Waals surface area contributed by atoms with E-state index in [1.54, 1.807) is 0 Å². The highest BCUT2D eigenvalue weighted by molar-refractivity contribution is 5.80. The SMILES string of the molecule is CCCCCCC(C(=O)OOC(=O)C1(CCCCCC)OO1)C(C)(C)C. The molecule has 0 spiro atoms. The monoisotopic (exact) mass is 372 g/mol. The molecule has 0 aromatic heterocycles. The molecule has 0 N–H and O–H groups in total. The number of unbranched alkanes of at least 4 members (excludes halogenated alkanes) is 6. The van der Waals surface area contributed by atoms with E-state index in [9.17, 15) is 9.59 Å². The van der Waals surface area contributed by atoms with Crippen molar-refractivity contribution in [3.05, 3.63) is 0 Å². The second-order valence-corrected chi connectivity index (χ2v) is 8.27.